The van der Waals surface area contributed by atoms with Gasteiger partial charge in [0.2, 0.25) is 5.91 Å². The Morgan fingerprint density at radius 2 is 1.68 bits per heavy atom. The van der Waals surface area contributed by atoms with E-state index in [0.29, 0.717) is 6.42 Å². The number of amides is 1. The zero-order valence-electron chi connectivity index (χ0n) is 16.6. The molecule has 0 saturated carbocycles. The second-order valence-electron chi connectivity index (χ2n) is 7.70. The van der Waals surface area contributed by atoms with Gasteiger partial charge >= 0.3 is 0 Å². The van der Waals surface area contributed by atoms with Crippen LogP contribution < -0.4 is 10.2 Å². The fourth-order valence-corrected chi connectivity index (χ4v) is 3.78. The van der Waals surface area contributed by atoms with E-state index in [0.717, 1.165) is 43.0 Å². The zero-order chi connectivity index (χ0) is 19.5. The predicted octanol–water partition coefficient (Wildman–Crippen LogP) is 4.08. The minimum Gasteiger partial charge on any atom is -0.369 e. The number of aryl methyl sites for hydroxylation is 1. The van der Waals surface area contributed by atoms with Crippen LogP contribution in [0.4, 0.5) is 11.4 Å². The summed E-state index contributed by atoms with van der Waals surface area (Å²) in [5, 5.41) is 5.44. The van der Waals surface area contributed by atoms with Crippen LogP contribution in [0.5, 0.6) is 0 Å². The van der Waals surface area contributed by atoms with Crippen molar-refractivity contribution in [1.29, 1.82) is 0 Å². The monoisotopic (exact) mass is 373 g/mol. The largest absolute Gasteiger partial charge is 0.369 e. The molecule has 1 heterocycles. The lowest BCUT2D eigenvalue weighted by atomic mass is 10.0. The number of nitrogens with zero attached hydrogens (tertiary/aromatic N) is 2. The fourth-order valence-electron chi connectivity index (χ4n) is 3.78. The van der Waals surface area contributed by atoms with Crippen molar-refractivity contribution < 1.29 is 4.79 Å². The van der Waals surface area contributed by atoms with Crippen molar-refractivity contribution in [2.75, 3.05) is 43.4 Å². The van der Waals surface area contributed by atoms with Crippen molar-refractivity contribution in [3.8, 4) is 0 Å². The van der Waals surface area contributed by atoms with Crippen LogP contribution in [-0.2, 0) is 11.2 Å². The molecule has 0 spiro atoms. The van der Waals surface area contributed by atoms with Gasteiger partial charge in [-0.1, -0.05) is 42.5 Å². The highest BCUT2D eigenvalue weighted by atomic mass is 16.1. The number of carbonyl (C=O) groups is 1. The van der Waals surface area contributed by atoms with Crippen LogP contribution in [0.15, 0.2) is 60.7 Å². The number of piperazine rings is 1. The second-order valence-corrected chi connectivity index (χ2v) is 7.70. The Hall–Kier alpha value is -2.85. The van der Waals surface area contributed by atoms with Crippen LogP contribution in [0.1, 0.15) is 11.1 Å². The molecule has 0 radical (unpaired) electrons. The van der Waals surface area contributed by atoms with Crippen molar-refractivity contribution in [1.82, 2.24) is 4.90 Å². The maximum absolute atomic E-state index is 12.6. The van der Waals surface area contributed by atoms with Crippen molar-refractivity contribution in [2.45, 2.75) is 13.3 Å². The van der Waals surface area contributed by atoms with Gasteiger partial charge in [0.25, 0.3) is 0 Å². The Balaban J connectivity index is 1.42. The van der Waals surface area contributed by atoms with Crippen molar-refractivity contribution >= 4 is 28.1 Å². The highest BCUT2D eigenvalue weighted by molar-refractivity contribution is 5.94. The number of nitrogens with one attached hydrogen (secondary N) is 1. The molecule has 1 N–H and O–H groups in total. The maximum atomic E-state index is 12.6. The molecular weight excluding hydrogens is 346 g/mol. The first-order valence-electron chi connectivity index (χ1n) is 9.90. The second kappa shape index (κ2) is 8.03. The lowest BCUT2D eigenvalue weighted by molar-refractivity contribution is -0.115. The predicted molar refractivity (Wildman–Crippen MR) is 117 cm³/mol. The summed E-state index contributed by atoms with van der Waals surface area (Å²) in [5.41, 5.74) is 4.26. The third kappa shape index (κ3) is 4.18. The van der Waals surface area contributed by atoms with E-state index < -0.39 is 0 Å². The summed E-state index contributed by atoms with van der Waals surface area (Å²) in [7, 11) is 2.16. The topological polar surface area (TPSA) is 35.6 Å². The number of hydrogen-bond acceptors (Lipinski definition) is 3. The van der Waals surface area contributed by atoms with E-state index in [-0.39, 0.29) is 5.91 Å². The number of benzene rings is 3. The van der Waals surface area contributed by atoms with Gasteiger partial charge in [-0.25, -0.2) is 0 Å². The molecule has 1 aliphatic rings. The molecule has 3 aromatic carbocycles. The SMILES string of the molecule is Cc1cc(N2CCN(C)CC2)ccc1NC(=O)Cc1ccc2ccccc2c1. The van der Waals surface area contributed by atoms with Crippen LogP contribution in [-0.4, -0.2) is 44.0 Å². The quantitative estimate of drug-likeness (QED) is 0.748. The van der Waals surface area contributed by atoms with Crippen LogP contribution in [0, 0.1) is 6.92 Å². The summed E-state index contributed by atoms with van der Waals surface area (Å²) in [6.45, 7) is 6.32. The first-order valence-corrected chi connectivity index (χ1v) is 9.90. The Bertz CT molecular complexity index is 990. The van der Waals surface area contributed by atoms with Gasteiger partial charge in [-0.15, -0.1) is 0 Å². The lowest BCUT2D eigenvalue weighted by Crippen LogP contribution is -2.44. The molecule has 0 aromatic heterocycles. The number of likely N-dealkylation sites (N-methyl/N-ethyl adjacent to an activating group) is 1. The number of rotatable bonds is 4. The van der Waals surface area contributed by atoms with Gasteiger partial charge in [-0.2, -0.15) is 0 Å². The smallest absolute Gasteiger partial charge is 0.228 e. The molecule has 0 bridgehead atoms. The molecule has 0 atom stereocenters. The first kappa shape index (κ1) is 18.5. The summed E-state index contributed by atoms with van der Waals surface area (Å²) in [6.07, 6.45) is 0.379. The van der Waals surface area contributed by atoms with Crippen LogP contribution in [0.3, 0.4) is 0 Å². The molecule has 0 unspecified atom stereocenters. The van der Waals surface area contributed by atoms with Crippen molar-refractivity contribution in [3.05, 3.63) is 71.8 Å². The van der Waals surface area contributed by atoms with E-state index in [1.165, 1.54) is 16.5 Å². The molecule has 1 amide bonds. The van der Waals surface area contributed by atoms with Gasteiger partial charge in [0.05, 0.1) is 6.42 Å². The minimum absolute atomic E-state index is 0.0192. The maximum Gasteiger partial charge on any atom is 0.228 e. The number of fused-ring (bicyclic) bond motifs is 1. The van der Waals surface area contributed by atoms with Crippen molar-refractivity contribution in [3.63, 3.8) is 0 Å². The van der Waals surface area contributed by atoms with Crippen LogP contribution in [0.25, 0.3) is 10.8 Å². The van der Waals surface area contributed by atoms with Gasteiger partial charge < -0.3 is 15.1 Å². The Morgan fingerprint density at radius 3 is 2.43 bits per heavy atom. The molecule has 1 saturated heterocycles. The van der Waals surface area contributed by atoms with Crippen LogP contribution in [0.2, 0.25) is 0 Å². The Kier molecular flexibility index (Phi) is 5.31. The Morgan fingerprint density at radius 1 is 0.929 bits per heavy atom. The summed E-state index contributed by atoms with van der Waals surface area (Å²) in [4.78, 5) is 17.3. The molecule has 0 aliphatic carbocycles. The molecule has 3 aromatic rings. The highest BCUT2D eigenvalue weighted by Gasteiger charge is 2.15. The number of carbonyl (C=O) groups excluding carboxylic acids is 1. The number of anilines is 2. The van der Waals surface area contributed by atoms with E-state index in [1.807, 2.05) is 24.3 Å². The highest BCUT2D eigenvalue weighted by Crippen LogP contribution is 2.24. The van der Waals surface area contributed by atoms with Gasteiger partial charge in [0.1, 0.15) is 0 Å². The molecule has 144 valence electrons. The third-order valence-corrected chi connectivity index (χ3v) is 5.53. The normalized spacial score (nSPS) is 15.0. The average molecular weight is 374 g/mol. The lowest BCUT2D eigenvalue weighted by Gasteiger charge is -2.34. The van der Waals surface area contributed by atoms with Crippen LogP contribution >= 0.6 is 0 Å². The average Bonchev–Trinajstić information content (AvgIpc) is 2.70. The van der Waals surface area contributed by atoms with E-state index in [4.69, 9.17) is 0 Å². The fraction of sp³-hybridized carbons (Fsp3) is 0.292. The van der Waals surface area contributed by atoms with E-state index in [1.54, 1.807) is 0 Å². The van der Waals surface area contributed by atoms with Crippen molar-refractivity contribution in [2.24, 2.45) is 0 Å². The molecule has 4 nitrogen and oxygen atoms in total. The van der Waals surface area contributed by atoms with E-state index in [9.17, 15) is 4.79 Å². The Labute approximate surface area is 166 Å². The van der Waals surface area contributed by atoms with E-state index >= 15 is 0 Å². The van der Waals surface area contributed by atoms with Gasteiger partial charge in [-0.05, 0) is 54.1 Å². The standard InChI is InChI=1S/C24H27N3O/c1-18-15-22(27-13-11-26(2)12-14-27)9-10-23(18)25-24(28)17-19-7-8-20-5-3-4-6-21(20)16-19/h3-10,15-16H,11-14,17H2,1-2H3,(H,25,28). The summed E-state index contributed by atoms with van der Waals surface area (Å²) < 4.78 is 0. The molecule has 1 fully saturated rings. The zero-order valence-corrected chi connectivity index (χ0v) is 16.6. The summed E-state index contributed by atoms with van der Waals surface area (Å²) in [5.74, 6) is 0.0192. The molecule has 4 heteroatoms. The summed E-state index contributed by atoms with van der Waals surface area (Å²) in [6, 6.07) is 20.8. The molecule has 28 heavy (non-hydrogen) atoms. The third-order valence-electron chi connectivity index (χ3n) is 5.53. The van der Waals surface area contributed by atoms with E-state index in [2.05, 4.69) is 65.5 Å². The number of hydrogen-bond donors (Lipinski definition) is 1. The van der Waals surface area contributed by atoms with Gasteiger partial charge in [0, 0.05) is 37.6 Å². The summed E-state index contributed by atoms with van der Waals surface area (Å²) >= 11 is 0. The van der Waals surface area contributed by atoms with Gasteiger partial charge in [0.15, 0.2) is 0 Å². The minimum atomic E-state index is 0.0192. The molecular formula is C24H27N3O. The van der Waals surface area contributed by atoms with Gasteiger partial charge in [-0.3, -0.25) is 4.79 Å². The first-order chi connectivity index (χ1) is 13.6. The molecule has 1 aliphatic heterocycles. The molecule has 4 rings (SSSR count).